The highest BCUT2D eigenvalue weighted by Crippen LogP contribution is 2.18. The summed E-state index contributed by atoms with van der Waals surface area (Å²) in [5.41, 5.74) is 2.38. The third-order valence-electron chi connectivity index (χ3n) is 3.20. The molecular weight excluding hydrogens is 306 g/mol. The molecule has 0 spiro atoms. The Morgan fingerprint density at radius 1 is 1.32 bits per heavy atom. The molecule has 0 atom stereocenters. The molecule has 2 aromatic rings. The van der Waals surface area contributed by atoms with Crippen molar-refractivity contribution in [2.75, 3.05) is 11.9 Å². The number of amides is 1. The van der Waals surface area contributed by atoms with Crippen LogP contribution in [0, 0.1) is 13.8 Å². The predicted octanol–water partition coefficient (Wildman–Crippen LogP) is 2.49. The summed E-state index contributed by atoms with van der Waals surface area (Å²) in [4.78, 5) is 23.7. The number of carbonyl (C=O) groups excluding carboxylic acids is 2. The molecule has 0 saturated heterocycles. The predicted molar refractivity (Wildman–Crippen MR) is 83.0 cm³/mol. The summed E-state index contributed by atoms with van der Waals surface area (Å²) >= 11 is 5.90. The fourth-order valence-corrected chi connectivity index (χ4v) is 2.18. The molecule has 2 rings (SSSR count). The summed E-state index contributed by atoms with van der Waals surface area (Å²) in [6.07, 6.45) is 0. The zero-order valence-corrected chi connectivity index (χ0v) is 13.3. The number of ether oxygens (including phenoxy) is 1. The number of nitrogens with zero attached hydrogens (tertiary/aromatic N) is 2. The van der Waals surface area contributed by atoms with Crippen LogP contribution < -0.4 is 5.32 Å². The average molecular weight is 322 g/mol. The molecular formula is C15H16ClN3O3. The number of aryl methyl sites for hydroxylation is 2. The third kappa shape index (κ3) is 3.46. The molecule has 116 valence electrons. The van der Waals surface area contributed by atoms with E-state index in [2.05, 4.69) is 10.4 Å². The highest BCUT2D eigenvalue weighted by Gasteiger charge is 2.16. The molecule has 1 heterocycles. The lowest BCUT2D eigenvalue weighted by Gasteiger charge is -2.07. The van der Waals surface area contributed by atoms with Crippen LogP contribution in [0.15, 0.2) is 24.3 Å². The van der Waals surface area contributed by atoms with E-state index in [1.54, 1.807) is 36.9 Å². The van der Waals surface area contributed by atoms with E-state index in [1.807, 2.05) is 6.92 Å². The maximum atomic E-state index is 11.9. The topological polar surface area (TPSA) is 73.2 Å². The minimum Gasteiger partial charge on any atom is -0.452 e. The second-order valence-corrected chi connectivity index (χ2v) is 5.18. The van der Waals surface area contributed by atoms with Crippen molar-refractivity contribution in [2.45, 2.75) is 13.8 Å². The molecule has 6 nitrogen and oxygen atoms in total. The van der Waals surface area contributed by atoms with E-state index in [4.69, 9.17) is 16.3 Å². The first kappa shape index (κ1) is 16.0. The van der Waals surface area contributed by atoms with E-state index < -0.39 is 18.5 Å². The number of hydrogen-bond acceptors (Lipinski definition) is 4. The standard InChI is InChI=1S/C15H16ClN3O3/c1-9-14(10(2)19(3)18-9)17-13(20)8-22-15(21)11-6-4-5-7-12(11)16/h4-7H,8H2,1-3H3,(H,17,20). The van der Waals surface area contributed by atoms with Gasteiger partial charge in [0.05, 0.1) is 27.7 Å². The zero-order valence-electron chi connectivity index (χ0n) is 12.5. The molecule has 0 unspecified atom stereocenters. The van der Waals surface area contributed by atoms with E-state index >= 15 is 0 Å². The fraction of sp³-hybridized carbons (Fsp3) is 0.267. The van der Waals surface area contributed by atoms with Crippen LogP contribution in [-0.2, 0) is 16.6 Å². The van der Waals surface area contributed by atoms with Crippen LogP contribution in [0.2, 0.25) is 5.02 Å². The van der Waals surface area contributed by atoms with Gasteiger partial charge in [0.1, 0.15) is 0 Å². The second-order valence-electron chi connectivity index (χ2n) is 4.77. The summed E-state index contributed by atoms with van der Waals surface area (Å²) in [6.45, 7) is 3.24. The largest absolute Gasteiger partial charge is 0.452 e. The van der Waals surface area contributed by atoms with Gasteiger partial charge in [-0.2, -0.15) is 5.10 Å². The molecule has 0 aliphatic rings. The van der Waals surface area contributed by atoms with Crippen molar-refractivity contribution in [1.82, 2.24) is 9.78 Å². The van der Waals surface area contributed by atoms with Crippen LogP contribution >= 0.6 is 11.6 Å². The maximum absolute atomic E-state index is 11.9. The van der Waals surface area contributed by atoms with Crippen molar-refractivity contribution in [2.24, 2.45) is 7.05 Å². The Morgan fingerprint density at radius 2 is 2.00 bits per heavy atom. The van der Waals surface area contributed by atoms with Gasteiger partial charge in [-0.3, -0.25) is 9.48 Å². The van der Waals surface area contributed by atoms with E-state index in [1.165, 1.54) is 6.07 Å². The lowest BCUT2D eigenvalue weighted by atomic mass is 10.2. The Labute approximate surface area is 133 Å². The van der Waals surface area contributed by atoms with E-state index in [0.717, 1.165) is 5.69 Å². The Kier molecular flexibility index (Phi) is 4.82. The number of nitrogens with one attached hydrogen (secondary N) is 1. The van der Waals surface area contributed by atoms with Crippen LogP contribution in [0.5, 0.6) is 0 Å². The monoisotopic (exact) mass is 321 g/mol. The Bertz CT molecular complexity index is 725. The summed E-state index contributed by atoms with van der Waals surface area (Å²) in [5, 5.41) is 7.17. The molecule has 1 aromatic carbocycles. The minimum absolute atomic E-state index is 0.228. The summed E-state index contributed by atoms with van der Waals surface area (Å²) in [5.74, 6) is -1.07. The van der Waals surface area contributed by atoms with Crippen molar-refractivity contribution >= 4 is 29.2 Å². The second kappa shape index (κ2) is 6.62. The molecule has 22 heavy (non-hydrogen) atoms. The van der Waals surface area contributed by atoms with Crippen LogP contribution in [0.3, 0.4) is 0 Å². The Hall–Kier alpha value is -2.34. The van der Waals surface area contributed by atoms with Crippen LogP contribution in [-0.4, -0.2) is 28.3 Å². The molecule has 0 aliphatic carbocycles. The van der Waals surface area contributed by atoms with Crippen molar-refractivity contribution in [3.8, 4) is 0 Å². The number of halogens is 1. The van der Waals surface area contributed by atoms with Crippen molar-refractivity contribution in [3.63, 3.8) is 0 Å². The van der Waals surface area contributed by atoms with Crippen LogP contribution in [0.1, 0.15) is 21.7 Å². The van der Waals surface area contributed by atoms with Crippen LogP contribution in [0.25, 0.3) is 0 Å². The Balaban J connectivity index is 1.96. The number of esters is 1. The molecule has 1 aromatic heterocycles. The molecule has 7 heteroatoms. The molecule has 0 bridgehead atoms. The quantitative estimate of drug-likeness (QED) is 0.878. The number of benzene rings is 1. The van der Waals surface area contributed by atoms with E-state index in [0.29, 0.717) is 11.4 Å². The van der Waals surface area contributed by atoms with Gasteiger partial charge in [0, 0.05) is 7.05 Å². The lowest BCUT2D eigenvalue weighted by molar-refractivity contribution is -0.119. The van der Waals surface area contributed by atoms with Crippen molar-refractivity contribution in [3.05, 3.63) is 46.2 Å². The molecule has 0 saturated carbocycles. The van der Waals surface area contributed by atoms with Gasteiger partial charge in [-0.1, -0.05) is 23.7 Å². The van der Waals surface area contributed by atoms with Crippen molar-refractivity contribution in [1.29, 1.82) is 0 Å². The van der Waals surface area contributed by atoms with Gasteiger partial charge in [-0.05, 0) is 26.0 Å². The first-order valence-corrected chi connectivity index (χ1v) is 6.99. The Morgan fingerprint density at radius 3 is 2.59 bits per heavy atom. The first-order chi connectivity index (χ1) is 10.4. The third-order valence-corrected chi connectivity index (χ3v) is 3.53. The first-order valence-electron chi connectivity index (χ1n) is 6.62. The fourth-order valence-electron chi connectivity index (χ4n) is 1.97. The van der Waals surface area contributed by atoms with Gasteiger partial charge in [-0.15, -0.1) is 0 Å². The van der Waals surface area contributed by atoms with Gasteiger partial charge < -0.3 is 10.1 Å². The van der Waals surface area contributed by atoms with Gasteiger partial charge in [-0.25, -0.2) is 4.79 Å². The highest BCUT2D eigenvalue weighted by atomic mass is 35.5. The number of aromatic nitrogens is 2. The number of anilines is 1. The number of carbonyl (C=O) groups is 2. The van der Waals surface area contributed by atoms with Gasteiger partial charge >= 0.3 is 5.97 Å². The molecule has 0 fully saturated rings. The lowest BCUT2D eigenvalue weighted by Crippen LogP contribution is -2.21. The van der Waals surface area contributed by atoms with Crippen molar-refractivity contribution < 1.29 is 14.3 Å². The molecule has 1 N–H and O–H groups in total. The molecule has 0 aliphatic heterocycles. The number of hydrogen-bond donors (Lipinski definition) is 1. The highest BCUT2D eigenvalue weighted by molar-refractivity contribution is 6.33. The number of rotatable bonds is 4. The SMILES string of the molecule is Cc1nn(C)c(C)c1NC(=O)COC(=O)c1ccccc1Cl. The average Bonchev–Trinajstić information content (AvgIpc) is 2.72. The minimum atomic E-state index is -0.639. The van der Waals surface area contributed by atoms with E-state index in [-0.39, 0.29) is 10.6 Å². The molecule has 1 amide bonds. The molecule has 0 radical (unpaired) electrons. The smallest absolute Gasteiger partial charge is 0.340 e. The van der Waals surface area contributed by atoms with Gasteiger partial charge in [0.2, 0.25) is 0 Å². The van der Waals surface area contributed by atoms with E-state index in [9.17, 15) is 9.59 Å². The normalized spacial score (nSPS) is 10.4. The van der Waals surface area contributed by atoms with Gasteiger partial charge in [0.15, 0.2) is 6.61 Å². The summed E-state index contributed by atoms with van der Waals surface area (Å²) in [7, 11) is 1.79. The van der Waals surface area contributed by atoms with Crippen LogP contribution in [0.4, 0.5) is 5.69 Å². The maximum Gasteiger partial charge on any atom is 0.340 e. The summed E-state index contributed by atoms with van der Waals surface area (Å²) < 4.78 is 6.63. The van der Waals surface area contributed by atoms with Gasteiger partial charge in [0.25, 0.3) is 5.91 Å². The zero-order chi connectivity index (χ0) is 16.3. The summed E-state index contributed by atoms with van der Waals surface area (Å²) in [6, 6.07) is 6.50.